The highest BCUT2D eigenvalue weighted by Crippen LogP contribution is 2.25. The second-order valence-corrected chi connectivity index (χ2v) is 6.30. The Hall–Kier alpha value is -3.22. The Morgan fingerprint density at radius 1 is 0.929 bits per heavy atom. The number of amides is 1. The number of aliphatic carboxylic acids is 1. The van der Waals surface area contributed by atoms with E-state index in [0.717, 1.165) is 5.56 Å². The maximum Gasteiger partial charge on any atom is 0.323 e. The van der Waals surface area contributed by atoms with E-state index >= 15 is 0 Å². The molecule has 2 aromatic rings. The number of methoxy groups -OCH3 is 3. The van der Waals surface area contributed by atoms with Crippen LogP contribution < -0.4 is 14.2 Å². The van der Waals surface area contributed by atoms with E-state index in [1.807, 2.05) is 0 Å². The standard InChI is InChI=1S/C21H25NO6/c1-14(16-5-7-17(26-2)8-6-16)21(25)22(13-20(23)24)12-15-9-18(27-3)11-19(10-15)28-4/h5-11,14H,12-13H2,1-4H3,(H,23,24). The van der Waals surface area contributed by atoms with Gasteiger partial charge in [-0.25, -0.2) is 0 Å². The molecule has 1 amide bonds. The summed E-state index contributed by atoms with van der Waals surface area (Å²) in [6.45, 7) is 1.48. The predicted molar refractivity (Wildman–Crippen MR) is 104 cm³/mol. The Morgan fingerprint density at radius 2 is 1.46 bits per heavy atom. The maximum atomic E-state index is 13.0. The Labute approximate surface area is 164 Å². The zero-order chi connectivity index (χ0) is 20.7. The molecule has 0 radical (unpaired) electrons. The van der Waals surface area contributed by atoms with Crippen molar-refractivity contribution in [1.29, 1.82) is 0 Å². The first-order valence-corrected chi connectivity index (χ1v) is 8.74. The van der Waals surface area contributed by atoms with Gasteiger partial charge in [0.15, 0.2) is 0 Å². The molecule has 2 aromatic carbocycles. The van der Waals surface area contributed by atoms with Crippen LogP contribution in [-0.2, 0) is 16.1 Å². The van der Waals surface area contributed by atoms with Gasteiger partial charge in [0, 0.05) is 12.6 Å². The lowest BCUT2D eigenvalue weighted by atomic mass is 9.99. The Morgan fingerprint density at radius 3 is 1.93 bits per heavy atom. The summed E-state index contributed by atoms with van der Waals surface area (Å²) < 4.78 is 15.6. The monoisotopic (exact) mass is 387 g/mol. The second-order valence-electron chi connectivity index (χ2n) is 6.30. The normalized spacial score (nSPS) is 11.4. The van der Waals surface area contributed by atoms with E-state index in [0.29, 0.717) is 22.8 Å². The molecule has 0 saturated heterocycles. The number of hydrogen-bond acceptors (Lipinski definition) is 5. The molecule has 7 nitrogen and oxygen atoms in total. The van der Waals surface area contributed by atoms with Gasteiger partial charge in [0.05, 0.1) is 27.2 Å². The van der Waals surface area contributed by atoms with Gasteiger partial charge in [-0.3, -0.25) is 9.59 Å². The molecule has 0 fully saturated rings. The van der Waals surface area contributed by atoms with Gasteiger partial charge in [-0.2, -0.15) is 0 Å². The summed E-state index contributed by atoms with van der Waals surface area (Å²) >= 11 is 0. The largest absolute Gasteiger partial charge is 0.497 e. The number of carbonyl (C=O) groups excluding carboxylic acids is 1. The van der Waals surface area contributed by atoms with Crippen molar-refractivity contribution < 1.29 is 28.9 Å². The fraction of sp³-hybridized carbons (Fsp3) is 0.333. The second kappa shape index (κ2) is 9.64. The summed E-state index contributed by atoms with van der Waals surface area (Å²) in [6, 6.07) is 12.4. The van der Waals surface area contributed by atoms with Crippen LogP contribution in [0.1, 0.15) is 24.0 Å². The van der Waals surface area contributed by atoms with Crippen LogP contribution in [0.15, 0.2) is 42.5 Å². The number of carboxylic acids is 1. The fourth-order valence-corrected chi connectivity index (χ4v) is 2.86. The minimum absolute atomic E-state index is 0.124. The van der Waals surface area contributed by atoms with Crippen LogP contribution >= 0.6 is 0 Å². The molecule has 1 N–H and O–H groups in total. The SMILES string of the molecule is COc1ccc(C(C)C(=O)N(CC(=O)O)Cc2cc(OC)cc(OC)c2)cc1. The van der Waals surface area contributed by atoms with Gasteiger partial charge >= 0.3 is 5.97 Å². The van der Waals surface area contributed by atoms with E-state index < -0.39 is 18.4 Å². The van der Waals surface area contributed by atoms with Crippen LogP contribution in [0.5, 0.6) is 17.2 Å². The molecule has 0 aromatic heterocycles. The molecular weight excluding hydrogens is 362 g/mol. The molecule has 28 heavy (non-hydrogen) atoms. The van der Waals surface area contributed by atoms with Crippen LogP contribution in [0.3, 0.4) is 0 Å². The Bertz CT molecular complexity index is 796. The highest BCUT2D eigenvalue weighted by molar-refractivity contribution is 5.86. The smallest absolute Gasteiger partial charge is 0.323 e. The minimum atomic E-state index is -1.08. The predicted octanol–water partition coefficient (Wildman–Crippen LogP) is 2.93. The van der Waals surface area contributed by atoms with Crippen molar-refractivity contribution in [2.75, 3.05) is 27.9 Å². The molecule has 0 spiro atoms. The molecule has 1 atom stereocenters. The lowest BCUT2D eigenvalue weighted by molar-refractivity contribution is -0.145. The number of carboxylic acid groups (broad SMARTS) is 1. The first kappa shape index (κ1) is 21.1. The molecular formula is C21H25NO6. The first-order chi connectivity index (χ1) is 13.4. The van der Waals surface area contributed by atoms with Gasteiger partial charge in [0.1, 0.15) is 23.8 Å². The van der Waals surface area contributed by atoms with Crippen molar-refractivity contribution in [3.63, 3.8) is 0 Å². The topological polar surface area (TPSA) is 85.3 Å². The third kappa shape index (κ3) is 5.39. The number of nitrogens with zero attached hydrogens (tertiary/aromatic N) is 1. The molecule has 0 bridgehead atoms. The van der Waals surface area contributed by atoms with Crippen molar-refractivity contribution >= 4 is 11.9 Å². The zero-order valence-corrected chi connectivity index (χ0v) is 16.5. The average Bonchev–Trinajstić information content (AvgIpc) is 2.71. The third-order valence-electron chi connectivity index (χ3n) is 4.41. The maximum absolute atomic E-state index is 13.0. The third-order valence-corrected chi connectivity index (χ3v) is 4.41. The van der Waals surface area contributed by atoms with Crippen molar-refractivity contribution in [1.82, 2.24) is 4.90 Å². The van der Waals surface area contributed by atoms with Crippen molar-refractivity contribution in [3.8, 4) is 17.2 Å². The van der Waals surface area contributed by atoms with Gasteiger partial charge in [-0.1, -0.05) is 12.1 Å². The molecule has 0 aliphatic carbocycles. The summed E-state index contributed by atoms with van der Waals surface area (Å²) in [7, 11) is 4.63. The van der Waals surface area contributed by atoms with Gasteiger partial charge in [0.2, 0.25) is 5.91 Å². The summed E-state index contributed by atoms with van der Waals surface area (Å²) in [6.07, 6.45) is 0. The zero-order valence-electron chi connectivity index (χ0n) is 16.5. The minimum Gasteiger partial charge on any atom is -0.497 e. The number of hydrogen-bond donors (Lipinski definition) is 1. The fourth-order valence-electron chi connectivity index (χ4n) is 2.86. The average molecular weight is 387 g/mol. The van der Waals surface area contributed by atoms with Crippen LogP contribution in [0.4, 0.5) is 0 Å². The van der Waals surface area contributed by atoms with E-state index in [1.54, 1.807) is 56.5 Å². The molecule has 0 saturated carbocycles. The van der Waals surface area contributed by atoms with Crippen molar-refractivity contribution in [3.05, 3.63) is 53.6 Å². The quantitative estimate of drug-likeness (QED) is 0.712. The van der Waals surface area contributed by atoms with Crippen LogP contribution in [0.2, 0.25) is 0 Å². The Kier molecular flexibility index (Phi) is 7.26. The lowest BCUT2D eigenvalue weighted by Gasteiger charge is -2.25. The van der Waals surface area contributed by atoms with Crippen LogP contribution in [0.25, 0.3) is 0 Å². The van der Waals surface area contributed by atoms with E-state index in [4.69, 9.17) is 14.2 Å². The molecule has 1 unspecified atom stereocenters. The van der Waals surface area contributed by atoms with Crippen LogP contribution in [0, 0.1) is 0 Å². The lowest BCUT2D eigenvalue weighted by Crippen LogP contribution is -2.37. The summed E-state index contributed by atoms with van der Waals surface area (Å²) in [5, 5.41) is 9.27. The highest BCUT2D eigenvalue weighted by Gasteiger charge is 2.24. The summed E-state index contributed by atoms with van der Waals surface area (Å²) in [5.74, 6) is -0.0351. The van der Waals surface area contributed by atoms with Gasteiger partial charge in [-0.05, 0) is 42.3 Å². The number of benzene rings is 2. The van der Waals surface area contributed by atoms with E-state index in [-0.39, 0.29) is 12.5 Å². The van der Waals surface area contributed by atoms with E-state index in [9.17, 15) is 14.7 Å². The van der Waals surface area contributed by atoms with Gasteiger partial charge in [0.25, 0.3) is 0 Å². The Balaban J connectivity index is 2.26. The van der Waals surface area contributed by atoms with Gasteiger partial charge < -0.3 is 24.2 Å². The van der Waals surface area contributed by atoms with E-state index in [2.05, 4.69) is 0 Å². The number of carbonyl (C=O) groups is 2. The molecule has 0 aliphatic heterocycles. The summed E-state index contributed by atoms with van der Waals surface area (Å²) in [5.41, 5.74) is 1.50. The van der Waals surface area contributed by atoms with Crippen LogP contribution in [-0.4, -0.2) is 49.8 Å². The molecule has 0 heterocycles. The molecule has 0 aliphatic rings. The highest BCUT2D eigenvalue weighted by atomic mass is 16.5. The number of ether oxygens (including phenoxy) is 3. The number of rotatable bonds is 9. The van der Waals surface area contributed by atoms with Gasteiger partial charge in [-0.15, -0.1) is 0 Å². The summed E-state index contributed by atoms with van der Waals surface area (Å²) in [4.78, 5) is 25.7. The van der Waals surface area contributed by atoms with Crippen molar-refractivity contribution in [2.24, 2.45) is 0 Å². The molecule has 7 heteroatoms. The van der Waals surface area contributed by atoms with Crippen molar-refractivity contribution in [2.45, 2.75) is 19.4 Å². The molecule has 150 valence electrons. The first-order valence-electron chi connectivity index (χ1n) is 8.74. The van der Waals surface area contributed by atoms with E-state index in [1.165, 1.54) is 19.1 Å². The molecule has 2 rings (SSSR count).